The molecule has 0 bridgehead atoms. The standard InChI is InChI=1S/C28H31NO6S/c1-19-12-14-23(15-13-19)36(32,33)29-27-24-11-7-6-10-22(24)16-26(27)35-28(31)20(2)25(30)18-34-17-21-8-4-3-5-9-21/h3-15,20,25-27,29-30H,16-18H2,1-2H3/t20-,25+,26+,27-/m0/s1. The van der Waals surface area contributed by atoms with Crippen LogP contribution in [0, 0.1) is 12.8 Å². The fourth-order valence-corrected chi connectivity index (χ4v) is 5.43. The fraction of sp³-hybridized carbons (Fsp3) is 0.321. The summed E-state index contributed by atoms with van der Waals surface area (Å²) in [6, 6.07) is 22.8. The summed E-state index contributed by atoms with van der Waals surface area (Å²) in [5.41, 5.74) is 3.59. The van der Waals surface area contributed by atoms with E-state index in [0.29, 0.717) is 13.0 Å². The number of nitrogens with one attached hydrogen (secondary N) is 1. The number of ether oxygens (including phenoxy) is 2. The van der Waals surface area contributed by atoms with Gasteiger partial charge in [-0.25, -0.2) is 8.42 Å². The predicted molar refractivity (Wildman–Crippen MR) is 136 cm³/mol. The molecule has 0 spiro atoms. The summed E-state index contributed by atoms with van der Waals surface area (Å²) in [6.07, 6.45) is -1.43. The minimum Gasteiger partial charge on any atom is -0.460 e. The number of rotatable bonds is 10. The van der Waals surface area contributed by atoms with Crippen molar-refractivity contribution in [3.8, 4) is 0 Å². The van der Waals surface area contributed by atoms with Gasteiger partial charge in [-0.2, -0.15) is 4.72 Å². The van der Waals surface area contributed by atoms with Crippen LogP contribution in [-0.2, 0) is 37.3 Å². The SMILES string of the molecule is Cc1ccc(S(=O)(=O)N[C@H]2c3ccccc3C[C@H]2OC(=O)[C@@H](C)[C@H](O)COCc2ccccc2)cc1. The first-order chi connectivity index (χ1) is 17.2. The summed E-state index contributed by atoms with van der Waals surface area (Å²) >= 11 is 0. The lowest BCUT2D eigenvalue weighted by atomic mass is 10.1. The van der Waals surface area contributed by atoms with Crippen LogP contribution in [0.2, 0.25) is 0 Å². The molecule has 3 aromatic rings. The lowest BCUT2D eigenvalue weighted by Gasteiger charge is -2.25. The number of hydrogen-bond acceptors (Lipinski definition) is 6. The second-order valence-corrected chi connectivity index (χ2v) is 10.9. The van der Waals surface area contributed by atoms with Crippen molar-refractivity contribution in [3.63, 3.8) is 0 Å². The molecule has 8 heteroatoms. The van der Waals surface area contributed by atoms with E-state index in [4.69, 9.17) is 9.47 Å². The van der Waals surface area contributed by atoms with Gasteiger partial charge in [-0.1, -0.05) is 72.3 Å². The summed E-state index contributed by atoms with van der Waals surface area (Å²) in [6.45, 7) is 3.75. The summed E-state index contributed by atoms with van der Waals surface area (Å²) in [7, 11) is -3.86. The molecule has 0 aliphatic heterocycles. The Kier molecular flexibility index (Phi) is 8.21. The van der Waals surface area contributed by atoms with Gasteiger partial charge in [0.2, 0.25) is 10.0 Å². The van der Waals surface area contributed by atoms with Crippen LogP contribution >= 0.6 is 0 Å². The Hall–Kier alpha value is -3.04. The van der Waals surface area contributed by atoms with Gasteiger partial charge < -0.3 is 14.6 Å². The van der Waals surface area contributed by atoms with E-state index in [2.05, 4.69) is 4.72 Å². The van der Waals surface area contributed by atoms with Crippen LogP contribution in [-0.4, -0.2) is 38.3 Å². The van der Waals surface area contributed by atoms with E-state index in [1.54, 1.807) is 31.2 Å². The van der Waals surface area contributed by atoms with Gasteiger partial charge in [0.05, 0.1) is 36.2 Å². The molecule has 3 aromatic carbocycles. The molecule has 0 saturated heterocycles. The zero-order chi connectivity index (χ0) is 25.7. The first-order valence-corrected chi connectivity index (χ1v) is 13.4. The Morgan fingerprint density at radius 3 is 2.42 bits per heavy atom. The molecule has 0 fully saturated rings. The second kappa shape index (κ2) is 11.3. The predicted octanol–water partition coefficient (Wildman–Crippen LogP) is 3.70. The van der Waals surface area contributed by atoms with E-state index in [9.17, 15) is 18.3 Å². The highest BCUT2D eigenvalue weighted by Gasteiger charge is 2.39. The number of sulfonamides is 1. The Morgan fingerprint density at radius 1 is 1.03 bits per heavy atom. The molecular formula is C28H31NO6S. The molecule has 0 amide bonds. The number of fused-ring (bicyclic) bond motifs is 1. The Bertz CT molecular complexity index is 1280. The van der Waals surface area contributed by atoms with Gasteiger partial charge in [0.15, 0.2) is 0 Å². The largest absolute Gasteiger partial charge is 0.460 e. The molecule has 4 atom stereocenters. The zero-order valence-electron chi connectivity index (χ0n) is 20.3. The van der Waals surface area contributed by atoms with Gasteiger partial charge in [0, 0.05) is 6.42 Å². The minimum atomic E-state index is -3.86. The lowest BCUT2D eigenvalue weighted by molar-refractivity contribution is -0.159. The molecule has 0 unspecified atom stereocenters. The molecule has 2 N–H and O–H groups in total. The number of aryl methyl sites for hydroxylation is 1. The van der Waals surface area contributed by atoms with Crippen molar-refractivity contribution < 1.29 is 27.8 Å². The van der Waals surface area contributed by atoms with E-state index in [1.165, 1.54) is 0 Å². The Balaban J connectivity index is 1.42. The lowest BCUT2D eigenvalue weighted by Crippen LogP contribution is -2.39. The third kappa shape index (κ3) is 6.20. The minimum absolute atomic E-state index is 0.0282. The Labute approximate surface area is 212 Å². The van der Waals surface area contributed by atoms with E-state index in [-0.39, 0.29) is 11.5 Å². The number of aliphatic hydroxyl groups excluding tert-OH is 1. The maximum Gasteiger partial charge on any atom is 0.311 e. The fourth-order valence-electron chi connectivity index (χ4n) is 4.19. The quantitative estimate of drug-likeness (QED) is 0.404. The van der Waals surface area contributed by atoms with E-state index >= 15 is 0 Å². The number of aliphatic hydroxyl groups is 1. The van der Waals surface area contributed by atoms with E-state index < -0.39 is 40.2 Å². The van der Waals surface area contributed by atoms with Crippen LogP contribution in [0.3, 0.4) is 0 Å². The van der Waals surface area contributed by atoms with Crippen molar-refractivity contribution in [2.75, 3.05) is 6.61 Å². The third-order valence-electron chi connectivity index (χ3n) is 6.41. The topological polar surface area (TPSA) is 102 Å². The maximum absolute atomic E-state index is 13.1. The smallest absolute Gasteiger partial charge is 0.311 e. The van der Waals surface area contributed by atoms with Gasteiger partial charge >= 0.3 is 5.97 Å². The summed E-state index contributed by atoms with van der Waals surface area (Å²) in [5.74, 6) is -1.46. The zero-order valence-corrected chi connectivity index (χ0v) is 21.1. The van der Waals surface area contributed by atoms with E-state index in [1.807, 2.05) is 61.5 Å². The van der Waals surface area contributed by atoms with Crippen LogP contribution < -0.4 is 4.72 Å². The van der Waals surface area contributed by atoms with Crippen LogP contribution in [0.5, 0.6) is 0 Å². The monoisotopic (exact) mass is 509 g/mol. The molecule has 7 nitrogen and oxygen atoms in total. The van der Waals surface area contributed by atoms with Gasteiger partial charge in [0.1, 0.15) is 6.10 Å². The molecule has 0 saturated carbocycles. The van der Waals surface area contributed by atoms with Crippen LogP contribution in [0.25, 0.3) is 0 Å². The normalized spacial score (nSPS) is 18.9. The van der Waals surface area contributed by atoms with E-state index in [0.717, 1.165) is 22.3 Å². The molecule has 190 valence electrons. The highest BCUT2D eigenvalue weighted by molar-refractivity contribution is 7.89. The average Bonchev–Trinajstić information content (AvgIpc) is 3.20. The molecule has 36 heavy (non-hydrogen) atoms. The number of benzene rings is 3. The van der Waals surface area contributed by atoms with Crippen molar-refractivity contribution in [1.82, 2.24) is 4.72 Å². The Morgan fingerprint density at radius 2 is 1.69 bits per heavy atom. The van der Waals surface area contributed by atoms with Crippen molar-refractivity contribution in [2.45, 2.75) is 50.0 Å². The first-order valence-electron chi connectivity index (χ1n) is 11.9. The van der Waals surface area contributed by atoms with Crippen molar-refractivity contribution in [3.05, 3.63) is 101 Å². The third-order valence-corrected chi connectivity index (χ3v) is 7.87. The van der Waals surface area contributed by atoms with Crippen LogP contribution in [0.15, 0.2) is 83.8 Å². The second-order valence-electron chi connectivity index (χ2n) is 9.15. The maximum atomic E-state index is 13.1. The molecule has 1 aliphatic carbocycles. The molecule has 1 aliphatic rings. The summed E-state index contributed by atoms with van der Waals surface area (Å²) in [5, 5.41) is 10.5. The molecule has 0 heterocycles. The van der Waals surface area contributed by atoms with Crippen molar-refractivity contribution >= 4 is 16.0 Å². The van der Waals surface area contributed by atoms with Gasteiger partial charge in [-0.05, 0) is 42.7 Å². The summed E-state index contributed by atoms with van der Waals surface area (Å²) < 4.78 is 40.3. The van der Waals surface area contributed by atoms with Crippen molar-refractivity contribution in [1.29, 1.82) is 0 Å². The number of esters is 1. The highest BCUT2D eigenvalue weighted by Crippen LogP contribution is 2.35. The first kappa shape index (κ1) is 26.0. The van der Waals surface area contributed by atoms with Crippen LogP contribution in [0.1, 0.15) is 35.2 Å². The highest BCUT2D eigenvalue weighted by atomic mass is 32.2. The molecular weight excluding hydrogens is 478 g/mol. The molecule has 0 radical (unpaired) electrons. The van der Waals surface area contributed by atoms with Gasteiger partial charge in [0.25, 0.3) is 0 Å². The number of hydrogen-bond donors (Lipinski definition) is 2. The average molecular weight is 510 g/mol. The van der Waals surface area contributed by atoms with Crippen LogP contribution in [0.4, 0.5) is 0 Å². The number of carbonyl (C=O) groups excluding carboxylic acids is 1. The van der Waals surface area contributed by atoms with Gasteiger partial charge in [-0.15, -0.1) is 0 Å². The summed E-state index contributed by atoms with van der Waals surface area (Å²) in [4.78, 5) is 13.1. The van der Waals surface area contributed by atoms with Gasteiger partial charge in [-0.3, -0.25) is 4.79 Å². The molecule has 4 rings (SSSR count). The number of carbonyl (C=O) groups is 1. The molecule has 0 aromatic heterocycles. The van der Waals surface area contributed by atoms with Crippen molar-refractivity contribution in [2.24, 2.45) is 5.92 Å².